The van der Waals surface area contributed by atoms with Crippen LogP contribution < -0.4 is 0 Å². The van der Waals surface area contributed by atoms with E-state index < -0.39 is 6.10 Å². The average Bonchev–Trinajstić information content (AvgIpc) is 2.00. The Morgan fingerprint density at radius 3 is 2.67 bits per heavy atom. The molecule has 2 atom stereocenters. The lowest BCUT2D eigenvalue weighted by Crippen LogP contribution is -2.34. The lowest BCUT2D eigenvalue weighted by atomic mass is 9.80. The summed E-state index contributed by atoms with van der Waals surface area (Å²) in [5.74, 6) is 0.338. The summed E-state index contributed by atoms with van der Waals surface area (Å²) in [5.41, 5.74) is 0.803. The van der Waals surface area contributed by atoms with Crippen LogP contribution in [0.4, 0.5) is 0 Å². The van der Waals surface area contributed by atoms with E-state index in [1.807, 2.05) is 19.9 Å². The molecule has 1 rings (SSSR count). The van der Waals surface area contributed by atoms with Crippen molar-refractivity contribution >= 4 is 5.78 Å². The van der Waals surface area contributed by atoms with Crippen molar-refractivity contribution < 1.29 is 9.90 Å². The molecule has 0 heterocycles. The Labute approximate surface area is 73.3 Å². The van der Waals surface area contributed by atoms with Gasteiger partial charge < -0.3 is 5.11 Å². The fraction of sp³-hybridized carbons (Fsp3) is 0.700. The van der Waals surface area contributed by atoms with Gasteiger partial charge in [0.1, 0.15) is 6.10 Å². The van der Waals surface area contributed by atoms with Gasteiger partial charge in [0.05, 0.1) is 0 Å². The fourth-order valence-corrected chi connectivity index (χ4v) is 1.57. The van der Waals surface area contributed by atoms with Crippen LogP contribution in [0.15, 0.2) is 11.6 Å². The van der Waals surface area contributed by atoms with Crippen LogP contribution in [0.3, 0.4) is 0 Å². The number of aliphatic hydroxyl groups is 1. The number of allylic oxidation sites excluding steroid dienone is 1. The summed E-state index contributed by atoms with van der Waals surface area (Å²) in [6.07, 6.45) is 1.92. The van der Waals surface area contributed by atoms with E-state index in [-0.39, 0.29) is 11.7 Å². The number of Topliss-reactive ketones (excluding diaryl/α,β-unsaturated/α-hetero) is 1. The first-order valence-corrected chi connectivity index (χ1v) is 4.42. The summed E-state index contributed by atoms with van der Waals surface area (Å²) >= 11 is 0. The average molecular weight is 168 g/mol. The van der Waals surface area contributed by atoms with Gasteiger partial charge in [-0.3, -0.25) is 4.79 Å². The fourth-order valence-electron chi connectivity index (χ4n) is 1.57. The van der Waals surface area contributed by atoms with Gasteiger partial charge in [0.2, 0.25) is 0 Å². The van der Waals surface area contributed by atoms with E-state index in [1.165, 1.54) is 0 Å². The Kier molecular flexibility index (Phi) is 2.68. The first-order chi connectivity index (χ1) is 5.54. The Bertz CT molecular complexity index is 216. The van der Waals surface area contributed by atoms with Crippen molar-refractivity contribution in [3.63, 3.8) is 0 Å². The topological polar surface area (TPSA) is 37.3 Å². The molecule has 0 aliphatic heterocycles. The molecule has 0 aromatic rings. The van der Waals surface area contributed by atoms with E-state index in [0.717, 1.165) is 12.0 Å². The number of carbonyl (C=O) groups is 1. The van der Waals surface area contributed by atoms with Crippen LogP contribution in [-0.4, -0.2) is 17.0 Å². The lowest BCUT2D eigenvalue weighted by Gasteiger charge is -2.26. The van der Waals surface area contributed by atoms with Crippen molar-refractivity contribution in [2.45, 2.75) is 33.3 Å². The minimum absolute atomic E-state index is 0.00926. The van der Waals surface area contributed by atoms with Crippen LogP contribution in [0.1, 0.15) is 27.2 Å². The van der Waals surface area contributed by atoms with Gasteiger partial charge in [-0.1, -0.05) is 19.9 Å². The maximum Gasteiger partial charge on any atom is 0.169 e. The molecular formula is C10H16O2. The highest BCUT2D eigenvalue weighted by Crippen LogP contribution is 2.26. The zero-order valence-corrected chi connectivity index (χ0v) is 7.87. The predicted octanol–water partition coefficient (Wildman–Crippen LogP) is 1.54. The number of hydrogen-bond donors (Lipinski definition) is 1. The summed E-state index contributed by atoms with van der Waals surface area (Å²) in [7, 11) is 0. The summed E-state index contributed by atoms with van der Waals surface area (Å²) in [5, 5.41) is 9.45. The monoisotopic (exact) mass is 168 g/mol. The van der Waals surface area contributed by atoms with Crippen molar-refractivity contribution in [3.05, 3.63) is 11.6 Å². The molecule has 0 spiro atoms. The SMILES string of the molecule is CC1=CC[C@H](C(C)C)C(=O)[C@@H]1O. The minimum Gasteiger partial charge on any atom is -0.381 e. The summed E-state index contributed by atoms with van der Waals surface area (Å²) < 4.78 is 0. The Morgan fingerprint density at radius 2 is 2.17 bits per heavy atom. The number of rotatable bonds is 1. The molecule has 0 saturated heterocycles. The molecule has 68 valence electrons. The standard InChI is InChI=1S/C10H16O2/c1-6(2)8-5-4-7(3)9(11)10(8)12/h4,6,8-9,11H,5H2,1-3H3/t8-,9-/m1/s1. The van der Waals surface area contributed by atoms with Crippen LogP contribution >= 0.6 is 0 Å². The quantitative estimate of drug-likeness (QED) is 0.603. The summed E-state index contributed by atoms with van der Waals surface area (Å²) in [6, 6.07) is 0. The third kappa shape index (κ3) is 1.58. The molecule has 1 aliphatic carbocycles. The molecular weight excluding hydrogens is 152 g/mol. The molecule has 0 radical (unpaired) electrons. The summed E-state index contributed by atoms with van der Waals surface area (Å²) in [6.45, 7) is 5.84. The molecule has 2 nitrogen and oxygen atoms in total. The normalized spacial score (nSPS) is 30.8. The molecule has 0 saturated carbocycles. The second-order valence-corrected chi connectivity index (χ2v) is 3.84. The highest BCUT2D eigenvalue weighted by molar-refractivity contribution is 5.89. The van der Waals surface area contributed by atoms with Gasteiger partial charge in [0.15, 0.2) is 5.78 Å². The molecule has 1 N–H and O–H groups in total. The zero-order valence-electron chi connectivity index (χ0n) is 7.87. The van der Waals surface area contributed by atoms with Gasteiger partial charge in [0.25, 0.3) is 0 Å². The van der Waals surface area contributed by atoms with Gasteiger partial charge in [0, 0.05) is 5.92 Å². The Hall–Kier alpha value is -0.630. The zero-order chi connectivity index (χ0) is 9.30. The number of carbonyl (C=O) groups excluding carboxylic acids is 1. The highest BCUT2D eigenvalue weighted by Gasteiger charge is 2.31. The second-order valence-electron chi connectivity index (χ2n) is 3.84. The molecule has 12 heavy (non-hydrogen) atoms. The molecule has 0 aromatic heterocycles. The molecule has 0 amide bonds. The van der Waals surface area contributed by atoms with Gasteiger partial charge in [-0.15, -0.1) is 0 Å². The minimum atomic E-state index is -0.842. The molecule has 0 bridgehead atoms. The van der Waals surface area contributed by atoms with Crippen molar-refractivity contribution in [2.24, 2.45) is 11.8 Å². The Morgan fingerprint density at radius 1 is 1.58 bits per heavy atom. The highest BCUT2D eigenvalue weighted by atomic mass is 16.3. The first kappa shape index (κ1) is 9.46. The van der Waals surface area contributed by atoms with E-state index >= 15 is 0 Å². The van der Waals surface area contributed by atoms with Crippen LogP contribution in [0.25, 0.3) is 0 Å². The molecule has 1 aliphatic rings. The molecule has 0 unspecified atom stereocenters. The third-order valence-corrected chi connectivity index (χ3v) is 2.56. The number of hydrogen-bond acceptors (Lipinski definition) is 2. The van der Waals surface area contributed by atoms with Crippen molar-refractivity contribution in [2.75, 3.05) is 0 Å². The van der Waals surface area contributed by atoms with Crippen LogP contribution in [-0.2, 0) is 4.79 Å². The maximum absolute atomic E-state index is 11.5. The number of ketones is 1. The van der Waals surface area contributed by atoms with Gasteiger partial charge in [-0.05, 0) is 24.8 Å². The van der Waals surface area contributed by atoms with E-state index in [4.69, 9.17) is 0 Å². The van der Waals surface area contributed by atoms with Crippen LogP contribution in [0.2, 0.25) is 0 Å². The van der Waals surface area contributed by atoms with E-state index in [2.05, 4.69) is 0 Å². The van der Waals surface area contributed by atoms with Gasteiger partial charge in [-0.2, -0.15) is 0 Å². The first-order valence-electron chi connectivity index (χ1n) is 4.42. The van der Waals surface area contributed by atoms with Crippen molar-refractivity contribution in [3.8, 4) is 0 Å². The molecule has 0 aromatic carbocycles. The van der Waals surface area contributed by atoms with Crippen molar-refractivity contribution in [1.29, 1.82) is 0 Å². The van der Waals surface area contributed by atoms with Crippen LogP contribution in [0.5, 0.6) is 0 Å². The lowest BCUT2D eigenvalue weighted by molar-refractivity contribution is -0.131. The van der Waals surface area contributed by atoms with E-state index in [1.54, 1.807) is 6.92 Å². The largest absolute Gasteiger partial charge is 0.381 e. The predicted molar refractivity (Wildman–Crippen MR) is 47.7 cm³/mol. The smallest absolute Gasteiger partial charge is 0.169 e. The van der Waals surface area contributed by atoms with Gasteiger partial charge >= 0.3 is 0 Å². The molecule has 0 fully saturated rings. The van der Waals surface area contributed by atoms with E-state index in [9.17, 15) is 9.90 Å². The van der Waals surface area contributed by atoms with E-state index in [0.29, 0.717) is 5.92 Å². The summed E-state index contributed by atoms with van der Waals surface area (Å²) in [4.78, 5) is 11.5. The van der Waals surface area contributed by atoms with Crippen molar-refractivity contribution in [1.82, 2.24) is 0 Å². The Balaban J connectivity index is 2.80. The molecule has 2 heteroatoms. The third-order valence-electron chi connectivity index (χ3n) is 2.56. The van der Waals surface area contributed by atoms with Crippen LogP contribution in [0, 0.1) is 11.8 Å². The van der Waals surface area contributed by atoms with Gasteiger partial charge in [-0.25, -0.2) is 0 Å². The number of aliphatic hydroxyl groups excluding tert-OH is 1. The maximum atomic E-state index is 11.5. The second kappa shape index (κ2) is 3.40.